The number of alkyl halides is 3. The molecule has 0 heterocycles. The lowest BCUT2D eigenvalue weighted by molar-refractivity contribution is -0.137. The van der Waals surface area contributed by atoms with Gasteiger partial charge in [-0.1, -0.05) is 26.0 Å². The Hall–Kier alpha value is -2.09. The van der Waals surface area contributed by atoms with Crippen LogP contribution in [0.25, 0.3) is 0 Å². The number of rotatable bonds is 7. The molecule has 4 N–H and O–H groups in total. The van der Waals surface area contributed by atoms with Crippen molar-refractivity contribution in [3.63, 3.8) is 0 Å². The lowest BCUT2D eigenvalue weighted by Crippen LogP contribution is -2.48. The zero-order chi connectivity index (χ0) is 19.2. The van der Waals surface area contributed by atoms with Crippen LogP contribution in [-0.4, -0.2) is 30.4 Å². The topological polar surface area (TPSA) is 84.2 Å². The van der Waals surface area contributed by atoms with Crippen LogP contribution in [-0.2, 0) is 22.2 Å². The average molecular weight is 359 g/mol. The first-order valence-electron chi connectivity index (χ1n) is 7.99. The highest BCUT2D eigenvalue weighted by molar-refractivity contribution is 5.87. The van der Waals surface area contributed by atoms with Gasteiger partial charge < -0.3 is 16.4 Å². The number of halogens is 3. The second-order valence-electron chi connectivity index (χ2n) is 6.35. The van der Waals surface area contributed by atoms with Gasteiger partial charge in [-0.2, -0.15) is 13.2 Å². The summed E-state index contributed by atoms with van der Waals surface area (Å²) in [6.45, 7) is 5.14. The maximum atomic E-state index is 12.5. The van der Waals surface area contributed by atoms with Gasteiger partial charge in [0.05, 0.1) is 18.2 Å². The molecule has 25 heavy (non-hydrogen) atoms. The van der Waals surface area contributed by atoms with Crippen molar-refractivity contribution in [3.05, 3.63) is 35.4 Å². The van der Waals surface area contributed by atoms with E-state index in [1.807, 2.05) is 0 Å². The first-order chi connectivity index (χ1) is 11.5. The minimum absolute atomic E-state index is 0.0401. The van der Waals surface area contributed by atoms with Gasteiger partial charge in [0.1, 0.15) is 0 Å². The molecule has 1 aromatic rings. The summed E-state index contributed by atoms with van der Waals surface area (Å²) in [7, 11) is 0. The summed E-state index contributed by atoms with van der Waals surface area (Å²) in [6.07, 6.45) is -3.99. The quantitative estimate of drug-likeness (QED) is 0.695. The summed E-state index contributed by atoms with van der Waals surface area (Å²) >= 11 is 0. The first kappa shape index (κ1) is 21.0. The van der Waals surface area contributed by atoms with Crippen molar-refractivity contribution in [3.8, 4) is 0 Å². The van der Waals surface area contributed by atoms with Gasteiger partial charge in [-0.3, -0.25) is 9.59 Å². The predicted molar refractivity (Wildman–Crippen MR) is 88.6 cm³/mol. The summed E-state index contributed by atoms with van der Waals surface area (Å²) in [5.41, 5.74) is 5.63. The maximum absolute atomic E-state index is 12.5. The van der Waals surface area contributed by atoms with Gasteiger partial charge in [0.2, 0.25) is 11.8 Å². The van der Waals surface area contributed by atoms with Crippen molar-refractivity contribution < 1.29 is 22.8 Å². The summed E-state index contributed by atoms with van der Waals surface area (Å²) in [6, 6.07) is 3.82. The molecule has 0 aliphatic heterocycles. The fourth-order valence-electron chi connectivity index (χ4n) is 2.15. The molecule has 140 valence electrons. The highest BCUT2D eigenvalue weighted by Crippen LogP contribution is 2.29. The summed E-state index contributed by atoms with van der Waals surface area (Å²) in [5.74, 6) is -0.828. The van der Waals surface area contributed by atoms with Crippen LogP contribution >= 0.6 is 0 Å². The predicted octanol–water partition coefficient (Wildman–Crippen LogP) is 1.85. The molecule has 0 aliphatic carbocycles. The molecule has 1 unspecified atom stereocenters. The number of carbonyl (C=O) groups is 2. The van der Waals surface area contributed by atoms with E-state index in [9.17, 15) is 22.8 Å². The monoisotopic (exact) mass is 359 g/mol. The zero-order valence-electron chi connectivity index (χ0n) is 14.5. The van der Waals surface area contributed by atoms with E-state index in [1.165, 1.54) is 12.1 Å². The van der Waals surface area contributed by atoms with E-state index in [-0.39, 0.29) is 24.4 Å². The van der Waals surface area contributed by atoms with Crippen LogP contribution in [0, 0.1) is 5.92 Å². The van der Waals surface area contributed by atoms with E-state index in [0.717, 1.165) is 12.1 Å². The Kier molecular flexibility index (Phi) is 7.41. The maximum Gasteiger partial charge on any atom is 0.416 e. The summed E-state index contributed by atoms with van der Waals surface area (Å²) in [4.78, 5) is 23.5. The third-order valence-electron chi connectivity index (χ3n) is 3.67. The Balaban J connectivity index is 2.44. The molecule has 0 saturated heterocycles. The minimum Gasteiger partial charge on any atom is -0.352 e. The number of nitrogens with one attached hydrogen (secondary N) is 2. The van der Waals surface area contributed by atoms with Crippen LogP contribution in [0.5, 0.6) is 0 Å². The van der Waals surface area contributed by atoms with Crippen molar-refractivity contribution in [1.29, 1.82) is 0 Å². The molecular weight excluding hydrogens is 335 g/mol. The number of benzene rings is 1. The molecule has 8 heteroatoms. The molecule has 2 amide bonds. The molecule has 0 aromatic heterocycles. The third kappa shape index (κ3) is 7.13. The van der Waals surface area contributed by atoms with Crippen molar-refractivity contribution in [1.82, 2.24) is 10.6 Å². The lowest BCUT2D eigenvalue weighted by Gasteiger charge is -2.17. The van der Waals surface area contributed by atoms with Gasteiger partial charge in [0, 0.05) is 6.04 Å². The molecule has 0 spiro atoms. The van der Waals surface area contributed by atoms with Gasteiger partial charge >= 0.3 is 6.18 Å². The average Bonchev–Trinajstić information content (AvgIpc) is 2.51. The Morgan fingerprint density at radius 1 is 1.12 bits per heavy atom. The van der Waals surface area contributed by atoms with Gasteiger partial charge in [0.25, 0.3) is 0 Å². The second-order valence-corrected chi connectivity index (χ2v) is 6.35. The molecule has 5 nitrogen and oxygen atoms in total. The number of hydrogen-bond acceptors (Lipinski definition) is 3. The molecule has 1 rings (SSSR count). The molecule has 0 fully saturated rings. The van der Waals surface area contributed by atoms with E-state index in [4.69, 9.17) is 5.73 Å². The highest BCUT2D eigenvalue weighted by atomic mass is 19.4. The lowest BCUT2D eigenvalue weighted by atomic mass is 10.0. The first-order valence-corrected chi connectivity index (χ1v) is 7.99. The molecule has 2 atom stereocenters. The van der Waals surface area contributed by atoms with Crippen molar-refractivity contribution in [2.75, 3.05) is 6.54 Å². The smallest absolute Gasteiger partial charge is 0.352 e. The third-order valence-corrected chi connectivity index (χ3v) is 3.67. The number of carbonyl (C=O) groups excluding carboxylic acids is 2. The van der Waals surface area contributed by atoms with E-state index >= 15 is 0 Å². The largest absolute Gasteiger partial charge is 0.416 e. The Morgan fingerprint density at radius 3 is 2.16 bits per heavy atom. The molecular formula is C17H24F3N3O2. The van der Waals surface area contributed by atoms with Gasteiger partial charge in [-0.25, -0.2) is 0 Å². The SMILES string of the molecule is CC(Cc1ccc(C(F)(F)F)cc1)NC(=O)CNC(=O)[C@@H](N)C(C)C. The molecule has 0 radical (unpaired) electrons. The Morgan fingerprint density at radius 2 is 1.68 bits per heavy atom. The standard InChI is InChI=1S/C17H24F3N3O2/c1-10(2)15(21)16(25)22-9-14(24)23-11(3)8-12-4-6-13(7-5-12)17(18,19)20/h4-7,10-11,15H,8-9,21H2,1-3H3,(H,22,25)(H,23,24)/t11?,15-/m0/s1. The van der Waals surface area contributed by atoms with Crippen LogP contribution in [0.1, 0.15) is 31.9 Å². The Bertz CT molecular complexity index is 586. The van der Waals surface area contributed by atoms with E-state index in [0.29, 0.717) is 12.0 Å². The Labute approximate surface area is 145 Å². The molecule has 0 aliphatic rings. The van der Waals surface area contributed by atoms with Crippen LogP contribution < -0.4 is 16.4 Å². The van der Waals surface area contributed by atoms with Crippen molar-refractivity contribution >= 4 is 11.8 Å². The van der Waals surface area contributed by atoms with Gasteiger partial charge in [-0.05, 0) is 37.0 Å². The zero-order valence-corrected chi connectivity index (χ0v) is 14.5. The van der Waals surface area contributed by atoms with Crippen molar-refractivity contribution in [2.45, 2.75) is 45.5 Å². The van der Waals surface area contributed by atoms with Gasteiger partial charge in [-0.15, -0.1) is 0 Å². The highest BCUT2D eigenvalue weighted by Gasteiger charge is 2.30. The van der Waals surface area contributed by atoms with E-state index < -0.39 is 23.7 Å². The summed E-state index contributed by atoms with van der Waals surface area (Å²) in [5, 5.41) is 5.14. The van der Waals surface area contributed by atoms with E-state index in [2.05, 4.69) is 10.6 Å². The van der Waals surface area contributed by atoms with Crippen LogP contribution in [0.4, 0.5) is 13.2 Å². The molecule has 0 bridgehead atoms. The fraction of sp³-hybridized carbons (Fsp3) is 0.529. The van der Waals surface area contributed by atoms with E-state index in [1.54, 1.807) is 20.8 Å². The minimum atomic E-state index is -4.37. The number of nitrogens with two attached hydrogens (primary N) is 1. The van der Waals surface area contributed by atoms with Crippen LogP contribution in [0.15, 0.2) is 24.3 Å². The molecule has 0 saturated carbocycles. The summed E-state index contributed by atoms with van der Waals surface area (Å²) < 4.78 is 37.5. The number of amides is 2. The van der Waals surface area contributed by atoms with Gasteiger partial charge in [0.15, 0.2) is 0 Å². The van der Waals surface area contributed by atoms with Crippen LogP contribution in [0.3, 0.4) is 0 Å². The second kappa shape index (κ2) is 8.84. The fourth-order valence-corrected chi connectivity index (χ4v) is 2.15. The normalized spacial score (nSPS) is 14.1. The number of hydrogen-bond donors (Lipinski definition) is 3. The van der Waals surface area contributed by atoms with Crippen LogP contribution in [0.2, 0.25) is 0 Å². The van der Waals surface area contributed by atoms with Crippen molar-refractivity contribution in [2.24, 2.45) is 11.7 Å². The molecule has 1 aromatic carbocycles.